The lowest BCUT2D eigenvalue weighted by Gasteiger charge is -2.10. The quantitative estimate of drug-likeness (QED) is 0.388. The van der Waals surface area contributed by atoms with Crippen LogP contribution in [0, 0.1) is 13.8 Å². The van der Waals surface area contributed by atoms with E-state index in [1.54, 1.807) is 11.8 Å². The van der Waals surface area contributed by atoms with Gasteiger partial charge in [-0.05, 0) is 68.0 Å². The number of aromatic nitrogens is 3. The van der Waals surface area contributed by atoms with Gasteiger partial charge in [-0.15, -0.1) is 11.8 Å². The van der Waals surface area contributed by atoms with E-state index < -0.39 is 0 Å². The van der Waals surface area contributed by atoms with Gasteiger partial charge in [-0.2, -0.15) is 10.1 Å². The highest BCUT2D eigenvalue weighted by atomic mass is 32.2. The van der Waals surface area contributed by atoms with Crippen LogP contribution >= 0.6 is 11.8 Å². The molecule has 2 heterocycles. The number of rotatable bonds is 7. The van der Waals surface area contributed by atoms with Crippen molar-refractivity contribution >= 4 is 34.4 Å². The molecule has 6 nitrogen and oxygen atoms in total. The predicted molar refractivity (Wildman–Crippen MR) is 130 cm³/mol. The minimum atomic E-state index is -0.234. The van der Waals surface area contributed by atoms with Gasteiger partial charge in [0.25, 0.3) is 5.91 Å². The molecule has 4 rings (SSSR count). The highest BCUT2D eigenvalue weighted by Crippen LogP contribution is 2.27. The molecule has 0 saturated carbocycles. The van der Waals surface area contributed by atoms with E-state index in [1.165, 1.54) is 5.56 Å². The van der Waals surface area contributed by atoms with Crippen molar-refractivity contribution in [3.05, 3.63) is 71.4 Å². The number of hydrogen-bond donors (Lipinski definition) is 1. The molecule has 4 aromatic rings. The topological polar surface area (TPSA) is 69.0 Å². The van der Waals surface area contributed by atoms with Gasteiger partial charge in [-0.25, -0.2) is 4.68 Å². The molecular weight excluding hydrogens is 420 g/mol. The van der Waals surface area contributed by atoms with Crippen LogP contribution in [-0.2, 0) is 11.2 Å². The Kier molecular flexibility index (Phi) is 6.46. The van der Waals surface area contributed by atoms with Crippen LogP contribution in [0.3, 0.4) is 0 Å². The van der Waals surface area contributed by atoms with Gasteiger partial charge in [0, 0.05) is 22.0 Å². The third kappa shape index (κ3) is 4.62. The molecule has 0 saturated heterocycles. The maximum absolute atomic E-state index is 12.4. The number of nitrogens with zero attached hydrogens (tertiary/aromatic N) is 3. The van der Waals surface area contributed by atoms with Crippen molar-refractivity contribution < 1.29 is 9.53 Å². The number of carbonyl (C=O) groups is 1. The Morgan fingerprint density at radius 1 is 1.12 bits per heavy atom. The Morgan fingerprint density at radius 3 is 2.62 bits per heavy atom. The molecule has 2 aromatic heterocycles. The lowest BCUT2D eigenvalue weighted by Crippen LogP contribution is -2.20. The maximum atomic E-state index is 12.4. The molecule has 0 spiro atoms. The van der Waals surface area contributed by atoms with Crippen molar-refractivity contribution in [1.82, 2.24) is 14.8 Å². The van der Waals surface area contributed by atoms with Crippen molar-refractivity contribution in [2.45, 2.75) is 32.1 Å². The first-order valence-electron chi connectivity index (χ1n) is 10.5. The van der Waals surface area contributed by atoms with Gasteiger partial charge in [0.05, 0.1) is 11.4 Å². The van der Waals surface area contributed by atoms with Crippen LogP contribution in [0.4, 0.5) is 5.69 Å². The second-order valence-corrected chi connectivity index (χ2v) is 8.44. The van der Waals surface area contributed by atoms with Crippen LogP contribution in [0.5, 0.6) is 5.88 Å². The number of hydrogen-bond acceptors (Lipinski definition) is 5. The fraction of sp³-hybridized carbons (Fsp3) is 0.240. The first-order chi connectivity index (χ1) is 15.5. The predicted octanol–water partition coefficient (Wildman–Crippen LogP) is 5.34. The van der Waals surface area contributed by atoms with Crippen LogP contribution in [0.15, 0.2) is 59.5 Å². The summed E-state index contributed by atoms with van der Waals surface area (Å²) in [5, 5.41) is 8.57. The second-order valence-electron chi connectivity index (χ2n) is 7.56. The molecule has 1 N–H and O–H groups in total. The first kappa shape index (κ1) is 21.9. The lowest BCUT2D eigenvalue weighted by atomic mass is 10.1. The monoisotopic (exact) mass is 446 g/mol. The zero-order chi connectivity index (χ0) is 22.7. The number of ether oxygens (including phenoxy) is 1. The molecule has 2 aromatic carbocycles. The zero-order valence-corrected chi connectivity index (χ0v) is 19.5. The summed E-state index contributed by atoms with van der Waals surface area (Å²) in [5.74, 6) is 0.164. The Morgan fingerprint density at radius 2 is 1.91 bits per heavy atom. The fourth-order valence-corrected chi connectivity index (χ4v) is 4.10. The normalized spacial score (nSPS) is 11.0. The molecule has 164 valence electrons. The van der Waals surface area contributed by atoms with Crippen molar-refractivity contribution in [1.29, 1.82) is 0 Å². The average molecular weight is 447 g/mol. The SMILES string of the molecule is CCc1ccc(-n2nc(C)c3c(C)cc(OCC(=O)Nc4cccc(SC)c4)nc32)cc1. The Balaban J connectivity index is 1.56. The molecule has 0 fully saturated rings. The Labute approximate surface area is 192 Å². The molecule has 0 radical (unpaired) electrons. The lowest BCUT2D eigenvalue weighted by molar-refractivity contribution is -0.118. The summed E-state index contributed by atoms with van der Waals surface area (Å²) < 4.78 is 7.58. The minimum absolute atomic E-state index is 0.125. The summed E-state index contributed by atoms with van der Waals surface area (Å²) in [6.45, 7) is 5.99. The maximum Gasteiger partial charge on any atom is 0.262 e. The number of nitrogens with one attached hydrogen (secondary N) is 1. The van der Waals surface area contributed by atoms with Gasteiger partial charge in [0.1, 0.15) is 0 Å². The molecule has 7 heteroatoms. The van der Waals surface area contributed by atoms with E-state index in [4.69, 9.17) is 9.84 Å². The molecule has 0 bridgehead atoms. The molecular formula is C25H26N4O2S. The fourth-order valence-electron chi connectivity index (χ4n) is 3.64. The number of pyridine rings is 1. The van der Waals surface area contributed by atoms with Crippen LogP contribution in [-0.4, -0.2) is 33.5 Å². The van der Waals surface area contributed by atoms with E-state index in [1.807, 2.05) is 67.2 Å². The van der Waals surface area contributed by atoms with E-state index in [9.17, 15) is 4.79 Å². The van der Waals surface area contributed by atoms with Crippen LogP contribution < -0.4 is 10.1 Å². The van der Waals surface area contributed by atoms with Crippen molar-refractivity contribution in [3.63, 3.8) is 0 Å². The third-order valence-corrected chi connectivity index (χ3v) is 6.01. The number of carbonyl (C=O) groups excluding carboxylic acids is 1. The molecule has 0 unspecified atom stereocenters. The standard InChI is InChI=1S/C25H26N4O2S/c1-5-18-9-11-20(12-10-18)29-25-24(17(3)28-29)16(2)13-23(27-25)31-15-22(30)26-19-7-6-8-21(14-19)32-4/h6-14H,5,15H2,1-4H3,(H,26,30). The summed E-state index contributed by atoms with van der Waals surface area (Å²) in [7, 11) is 0. The van der Waals surface area contributed by atoms with Crippen LogP contribution in [0.2, 0.25) is 0 Å². The summed E-state index contributed by atoms with van der Waals surface area (Å²) in [4.78, 5) is 18.2. The van der Waals surface area contributed by atoms with Gasteiger partial charge in [0.15, 0.2) is 12.3 Å². The highest BCUT2D eigenvalue weighted by Gasteiger charge is 2.15. The zero-order valence-electron chi connectivity index (χ0n) is 18.7. The summed E-state index contributed by atoms with van der Waals surface area (Å²) in [6, 6.07) is 17.8. The number of amides is 1. The van der Waals surface area contributed by atoms with Crippen LogP contribution in [0.25, 0.3) is 16.7 Å². The molecule has 0 aliphatic heterocycles. The highest BCUT2D eigenvalue weighted by molar-refractivity contribution is 7.98. The van der Waals surface area contributed by atoms with Gasteiger partial charge in [-0.1, -0.05) is 25.1 Å². The molecule has 0 atom stereocenters. The number of aryl methyl sites for hydroxylation is 3. The second kappa shape index (κ2) is 9.44. The first-order valence-corrected chi connectivity index (χ1v) is 11.7. The number of fused-ring (bicyclic) bond motifs is 1. The Hall–Kier alpha value is -3.32. The van der Waals surface area contributed by atoms with E-state index in [0.717, 1.165) is 45.0 Å². The van der Waals surface area contributed by atoms with E-state index in [2.05, 4.69) is 29.4 Å². The summed E-state index contributed by atoms with van der Waals surface area (Å²) in [5.41, 5.74) is 5.58. The summed E-state index contributed by atoms with van der Waals surface area (Å²) >= 11 is 1.63. The average Bonchev–Trinajstić information content (AvgIpc) is 3.14. The van der Waals surface area contributed by atoms with Gasteiger partial charge < -0.3 is 10.1 Å². The van der Waals surface area contributed by atoms with Crippen molar-refractivity contribution in [3.8, 4) is 11.6 Å². The van der Waals surface area contributed by atoms with Gasteiger partial charge in [-0.3, -0.25) is 4.79 Å². The number of benzene rings is 2. The number of anilines is 1. The molecule has 1 amide bonds. The smallest absolute Gasteiger partial charge is 0.262 e. The van der Waals surface area contributed by atoms with E-state index >= 15 is 0 Å². The van der Waals surface area contributed by atoms with Gasteiger partial charge in [0.2, 0.25) is 5.88 Å². The van der Waals surface area contributed by atoms with Crippen molar-refractivity contribution in [2.24, 2.45) is 0 Å². The summed E-state index contributed by atoms with van der Waals surface area (Å²) in [6.07, 6.45) is 2.98. The third-order valence-electron chi connectivity index (χ3n) is 5.28. The molecule has 0 aliphatic rings. The van der Waals surface area contributed by atoms with Crippen LogP contribution in [0.1, 0.15) is 23.7 Å². The molecule has 0 aliphatic carbocycles. The Bertz CT molecular complexity index is 1270. The largest absolute Gasteiger partial charge is 0.467 e. The number of thioether (sulfide) groups is 1. The minimum Gasteiger partial charge on any atom is -0.467 e. The van der Waals surface area contributed by atoms with Crippen molar-refractivity contribution in [2.75, 3.05) is 18.2 Å². The van der Waals surface area contributed by atoms with E-state index in [0.29, 0.717) is 5.88 Å². The van der Waals surface area contributed by atoms with Gasteiger partial charge >= 0.3 is 0 Å². The molecule has 32 heavy (non-hydrogen) atoms. The van der Waals surface area contributed by atoms with E-state index in [-0.39, 0.29) is 12.5 Å².